The van der Waals surface area contributed by atoms with E-state index in [1.54, 1.807) is 22.6 Å². The lowest BCUT2D eigenvalue weighted by molar-refractivity contribution is -0.137. The first-order valence-corrected chi connectivity index (χ1v) is 10.8. The van der Waals surface area contributed by atoms with Crippen molar-refractivity contribution in [3.05, 3.63) is 69.6 Å². The van der Waals surface area contributed by atoms with Crippen LogP contribution in [0.4, 0.5) is 5.82 Å². The van der Waals surface area contributed by atoms with Crippen molar-refractivity contribution >= 4 is 11.7 Å². The third-order valence-electron chi connectivity index (χ3n) is 6.45. The number of hydrogen-bond acceptors (Lipinski definition) is 7. The molecular formula is C23H26N6O3. The maximum atomic E-state index is 13.7. The molecule has 3 atom stereocenters. The van der Waals surface area contributed by atoms with E-state index in [0.717, 1.165) is 35.9 Å². The lowest BCUT2D eigenvalue weighted by Gasteiger charge is -2.47. The Morgan fingerprint density at radius 2 is 2.00 bits per heavy atom. The number of hydrogen-bond donors (Lipinski definition) is 0. The van der Waals surface area contributed by atoms with Crippen LogP contribution in [0, 0.1) is 19.8 Å². The lowest BCUT2D eigenvalue weighted by Crippen LogP contribution is -2.53. The summed E-state index contributed by atoms with van der Waals surface area (Å²) in [5.41, 5.74) is 2.40. The van der Waals surface area contributed by atoms with E-state index in [9.17, 15) is 9.59 Å². The Balaban J connectivity index is 1.49. The van der Waals surface area contributed by atoms with Gasteiger partial charge in [0.2, 0.25) is 5.91 Å². The Labute approximate surface area is 185 Å². The summed E-state index contributed by atoms with van der Waals surface area (Å²) in [7, 11) is 1.74. The van der Waals surface area contributed by atoms with Crippen molar-refractivity contribution in [3.63, 3.8) is 0 Å². The molecule has 2 aliphatic heterocycles. The van der Waals surface area contributed by atoms with Crippen molar-refractivity contribution in [1.29, 1.82) is 0 Å². The van der Waals surface area contributed by atoms with Crippen LogP contribution in [0.25, 0.3) is 0 Å². The molecule has 5 heterocycles. The Hall–Kier alpha value is -3.49. The average Bonchev–Trinajstić information content (AvgIpc) is 3.19. The number of nitrogens with zero attached hydrogens (tertiary/aromatic N) is 6. The molecule has 9 heteroatoms. The van der Waals surface area contributed by atoms with Gasteiger partial charge in [0.1, 0.15) is 6.04 Å². The molecule has 1 amide bonds. The number of fused-ring (bicyclic) bond motifs is 4. The van der Waals surface area contributed by atoms with Gasteiger partial charge >= 0.3 is 0 Å². The highest BCUT2D eigenvalue weighted by molar-refractivity contribution is 5.81. The van der Waals surface area contributed by atoms with Crippen molar-refractivity contribution in [2.75, 3.05) is 25.0 Å². The van der Waals surface area contributed by atoms with Crippen molar-refractivity contribution in [2.45, 2.75) is 38.8 Å². The van der Waals surface area contributed by atoms with Crippen molar-refractivity contribution in [1.82, 2.24) is 24.8 Å². The molecule has 0 radical (unpaired) electrons. The van der Waals surface area contributed by atoms with Crippen LogP contribution in [0.5, 0.6) is 0 Å². The van der Waals surface area contributed by atoms with Crippen LogP contribution in [0.15, 0.2) is 45.7 Å². The summed E-state index contributed by atoms with van der Waals surface area (Å²) in [5, 5.41) is 12.5. The fourth-order valence-electron chi connectivity index (χ4n) is 5.03. The molecule has 2 bridgehead atoms. The zero-order valence-corrected chi connectivity index (χ0v) is 18.4. The number of carbonyl (C=O) groups is 1. The molecule has 3 aromatic rings. The molecule has 1 saturated heterocycles. The normalized spacial score (nSPS) is 21.8. The van der Waals surface area contributed by atoms with E-state index < -0.39 is 6.04 Å². The lowest BCUT2D eigenvalue weighted by atomic mass is 9.78. The van der Waals surface area contributed by atoms with Gasteiger partial charge in [-0.05, 0) is 38.5 Å². The van der Waals surface area contributed by atoms with Crippen molar-refractivity contribution < 1.29 is 9.32 Å². The highest BCUT2D eigenvalue weighted by atomic mass is 16.5. The molecular weight excluding hydrogens is 408 g/mol. The SMILES string of the molecule is Cc1ccc(N2C[C@H]3C[C@@H](C2)[C@H](C(=O)N(C)Cc2cc(C)no2)n2c3cccc2=O)nn1. The number of piperidine rings is 1. The summed E-state index contributed by atoms with van der Waals surface area (Å²) in [6, 6.07) is 10.4. The summed E-state index contributed by atoms with van der Waals surface area (Å²) < 4.78 is 7.01. The van der Waals surface area contributed by atoms with Gasteiger partial charge in [0.25, 0.3) is 5.56 Å². The van der Waals surface area contributed by atoms with E-state index in [1.807, 2.05) is 38.1 Å². The Morgan fingerprint density at radius 3 is 2.72 bits per heavy atom. The van der Waals surface area contributed by atoms with Crippen molar-refractivity contribution in [3.8, 4) is 0 Å². The molecule has 0 saturated carbocycles. The number of anilines is 1. The van der Waals surface area contributed by atoms with E-state index in [2.05, 4.69) is 20.3 Å². The van der Waals surface area contributed by atoms with Crippen LogP contribution < -0.4 is 10.5 Å². The Kier molecular flexibility index (Phi) is 5.03. The molecule has 3 aromatic heterocycles. The van der Waals surface area contributed by atoms with Gasteiger partial charge in [-0.25, -0.2) is 0 Å². The predicted octanol–water partition coefficient (Wildman–Crippen LogP) is 2.07. The van der Waals surface area contributed by atoms with Gasteiger partial charge in [-0.3, -0.25) is 14.2 Å². The summed E-state index contributed by atoms with van der Waals surface area (Å²) in [4.78, 5) is 30.4. The second kappa shape index (κ2) is 7.89. The summed E-state index contributed by atoms with van der Waals surface area (Å²) in [5.74, 6) is 1.45. The number of pyridine rings is 1. The maximum Gasteiger partial charge on any atom is 0.251 e. The van der Waals surface area contributed by atoms with Crippen LogP contribution in [0.2, 0.25) is 0 Å². The van der Waals surface area contributed by atoms with Crippen LogP contribution in [-0.4, -0.2) is 50.9 Å². The molecule has 0 N–H and O–H groups in total. The van der Waals surface area contributed by atoms with Gasteiger partial charge < -0.3 is 14.3 Å². The van der Waals surface area contributed by atoms with Crippen LogP contribution in [0.3, 0.4) is 0 Å². The largest absolute Gasteiger partial charge is 0.359 e. The van der Waals surface area contributed by atoms with Crippen LogP contribution in [0.1, 0.15) is 41.2 Å². The van der Waals surface area contributed by atoms with E-state index in [0.29, 0.717) is 18.8 Å². The molecule has 0 aliphatic carbocycles. The van der Waals surface area contributed by atoms with Crippen molar-refractivity contribution in [2.24, 2.45) is 5.92 Å². The minimum absolute atomic E-state index is 0.0177. The third-order valence-corrected chi connectivity index (χ3v) is 6.45. The van der Waals surface area contributed by atoms with Gasteiger partial charge in [0.15, 0.2) is 11.6 Å². The van der Waals surface area contributed by atoms with E-state index >= 15 is 0 Å². The average molecular weight is 435 g/mol. The molecule has 2 aliphatic rings. The number of aromatic nitrogens is 4. The van der Waals surface area contributed by atoms with E-state index in [4.69, 9.17) is 4.52 Å². The first-order chi connectivity index (χ1) is 15.4. The van der Waals surface area contributed by atoms with Gasteiger partial charge in [0, 0.05) is 49.8 Å². The number of aryl methyl sites for hydroxylation is 2. The second-order valence-corrected chi connectivity index (χ2v) is 8.86. The fourth-order valence-corrected chi connectivity index (χ4v) is 5.03. The highest BCUT2D eigenvalue weighted by Crippen LogP contribution is 2.42. The standard InChI is InChI=1S/C23H26N6O3/c1-14-7-8-20(25-24-14)28-11-16-10-17(12-28)22(29-19(16)5-4-6-21(29)30)23(31)27(3)13-18-9-15(2)26-32-18/h4-9,16-17,22H,10-13H2,1-3H3/t16-,17+,22-/m1/s1. The van der Waals surface area contributed by atoms with Gasteiger partial charge in [-0.15, -0.1) is 5.10 Å². The number of rotatable bonds is 4. The van der Waals surface area contributed by atoms with Gasteiger partial charge in [-0.1, -0.05) is 11.2 Å². The second-order valence-electron chi connectivity index (χ2n) is 8.86. The predicted molar refractivity (Wildman–Crippen MR) is 117 cm³/mol. The highest BCUT2D eigenvalue weighted by Gasteiger charge is 2.45. The Bertz CT molecular complexity index is 1200. The number of carbonyl (C=O) groups excluding carboxylic acids is 1. The minimum atomic E-state index is -0.579. The fraction of sp³-hybridized carbons (Fsp3) is 0.435. The van der Waals surface area contributed by atoms with Gasteiger partial charge in [-0.2, -0.15) is 5.10 Å². The van der Waals surface area contributed by atoms with Crippen LogP contribution >= 0.6 is 0 Å². The maximum absolute atomic E-state index is 13.7. The van der Waals surface area contributed by atoms with Crippen LogP contribution in [-0.2, 0) is 11.3 Å². The molecule has 166 valence electrons. The molecule has 5 rings (SSSR count). The summed E-state index contributed by atoms with van der Waals surface area (Å²) in [6.07, 6.45) is 0.852. The van der Waals surface area contributed by atoms with Gasteiger partial charge in [0.05, 0.1) is 17.9 Å². The smallest absolute Gasteiger partial charge is 0.251 e. The first kappa shape index (κ1) is 20.4. The molecule has 0 unspecified atom stereocenters. The summed E-state index contributed by atoms with van der Waals surface area (Å²) >= 11 is 0. The minimum Gasteiger partial charge on any atom is -0.359 e. The number of likely N-dealkylation sites (N-methyl/N-ethyl adjacent to an activating group) is 1. The first-order valence-electron chi connectivity index (χ1n) is 10.8. The topological polar surface area (TPSA) is 97.4 Å². The zero-order chi connectivity index (χ0) is 22.4. The monoisotopic (exact) mass is 434 g/mol. The zero-order valence-electron chi connectivity index (χ0n) is 18.4. The molecule has 1 fully saturated rings. The summed E-state index contributed by atoms with van der Waals surface area (Å²) in [6.45, 7) is 5.43. The molecule has 0 spiro atoms. The number of amides is 1. The Morgan fingerprint density at radius 1 is 1.16 bits per heavy atom. The quantitative estimate of drug-likeness (QED) is 0.620. The van der Waals surface area contributed by atoms with E-state index in [1.165, 1.54) is 6.07 Å². The molecule has 9 nitrogen and oxygen atoms in total. The molecule has 32 heavy (non-hydrogen) atoms. The van der Waals surface area contributed by atoms with E-state index in [-0.39, 0.29) is 23.3 Å². The third kappa shape index (κ3) is 3.57. The molecule has 0 aromatic carbocycles.